The molecule has 6 heteroatoms. The number of hydrogen-bond donors (Lipinski definition) is 0. The van der Waals surface area contributed by atoms with E-state index in [0.29, 0.717) is 11.5 Å². The molecular weight excluding hydrogens is 312 g/mol. The summed E-state index contributed by atoms with van der Waals surface area (Å²) in [7, 11) is 2.81. The molecule has 0 bridgehead atoms. The quantitative estimate of drug-likeness (QED) is 0.751. The van der Waals surface area contributed by atoms with E-state index in [2.05, 4.69) is 0 Å². The van der Waals surface area contributed by atoms with Crippen molar-refractivity contribution < 1.29 is 27.0 Å². The molecule has 2 rings (SSSR count). The SMILES string of the molecule is COc1ccc(C(CF)(c2ccc(OC)cc2)C(F)(F)F)cc1. The molecule has 0 aliphatic heterocycles. The van der Waals surface area contributed by atoms with E-state index in [9.17, 15) is 17.6 Å². The lowest BCUT2D eigenvalue weighted by molar-refractivity contribution is -0.182. The molecule has 0 unspecified atom stereocenters. The number of alkyl halides is 4. The van der Waals surface area contributed by atoms with Crippen molar-refractivity contribution in [3.05, 3.63) is 59.7 Å². The van der Waals surface area contributed by atoms with Gasteiger partial charge in [-0.15, -0.1) is 0 Å². The molecule has 0 radical (unpaired) electrons. The van der Waals surface area contributed by atoms with E-state index in [1.165, 1.54) is 62.8 Å². The highest BCUT2D eigenvalue weighted by Crippen LogP contribution is 2.47. The Kier molecular flexibility index (Phi) is 4.82. The van der Waals surface area contributed by atoms with Gasteiger partial charge in [-0.1, -0.05) is 24.3 Å². The Morgan fingerprint density at radius 1 is 0.739 bits per heavy atom. The predicted octanol–water partition coefficient (Wildman–Crippen LogP) is 4.52. The zero-order valence-electron chi connectivity index (χ0n) is 12.7. The molecule has 0 saturated heterocycles. The number of ether oxygens (including phenoxy) is 2. The fraction of sp³-hybridized carbons (Fsp3) is 0.294. The van der Waals surface area contributed by atoms with E-state index in [4.69, 9.17) is 9.47 Å². The Bertz CT molecular complexity index is 586. The monoisotopic (exact) mass is 328 g/mol. The predicted molar refractivity (Wildman–Crippen MR) is 78.8 cm³/mol. The average Bonchev–Trinajstić information content (AvgIpc) is 2.56. The first-order valence-corrected chi connectivity index (χ1v) is 6.81. The minimum atomic E-state index is -4.80. The minimum Gasteiger partial charge on any atom is -0.497 e. The Balaban J connectivity index is 2.63. The number of rotatable bonds is 5. The van der Waals surface area contributed by atoms with Crippen molar-refractivity contribution in [3.63, 3.8) is 0 Å². The van der Waals surface area contributed by atoms with Crippen LogP contribution in [0.1, 0.15) is 11.1 Å². The molecule has 0 aliphatic rings. The lowest BCUT2D eigenvalue weighted by Crippen LogP contribution is -2.45. The van der Waals surface area contributed by atoms with Crippen LogP contribution in [0.2, 0.25) is 0 Å². The van der Waals surface area contributed by atoms with E-state index in [1.54, 1.807) is 0 Å². The van der Waals surface area contributed by atoms with Gasteiger partial charge in [-0.25, -0.2) is 4.39 Å². The Morgan fingerprint density at radius 2 is 1.09 bits per heavy atom. The van der Waals surface area contributed by atoms with Gasteiger partial charge in [0, 0.05) is 0 Å². The maximum Gasteiger partial charge on any atom is 0.404 e. The minimum absolute atomic E-state index is 0.182. The highest BCUT2D eigenvalue weighted by Gasteiger charge is 2.57. The van der Waals surface area contributed by atoms with Crippen LogP contribution >= 0.6 is 0 Å². The second-order valence-corrected chi connectivity index (χ2v) is 4.99. The van der Waals surface area contributed by atoms with Crippen LogP contribution in [0.25, 0.3) is 0 Å². The first-order valence-electron chi connectivity index (χ1n) is 6.81. The van der Waals surface area contributed by atoms with Crippen molar-refractivity contribution in [2.24, 2.45) is 0 Å². The topological polar surface area (TPSA) is 18.5 Å². The highest BCUT2D eigenvalue weighted by atomic mass is 19.4. The molecule has 0 amide bonds. The summed E-state index contributed by atoms with van der Waals surface area (Å²) in [5.41, 5.74) is -3.09. The van der Waals surface area contributed by atoms with Gasteiger partial charge in [0.2, 0.25) is 0 Å². The van der Waals surface area contributed by atoms with Gasteiger partial charge in [0.25, 0.3) is 0 Å². The molecule has 124 valence electrons. The maximum atomic E-state index is 13.8. The van der Waals surface area contributed by atoms with Crippen molar-refractivity contribution in [2.75, 3.05) is 20.9 Å². The van der Waals surface area contributed by atoms with Crippen LogP contribution < -0.4 is 9.47 Å². The molecule has 2 aromatic rings. The molecule has 0 saturated carbocycles. The maximum absolute atomic E-state index is 13.8. The van der Waals surface area contributed by atoms with Crippen LogP contribution in [0.4, 0.5) is 17.6 Å². The van der Waals surface area contributed by atoms with E-state index in [1.807, 2.05) is 0 Å². The first kappa shape index (κ1) is 17.1. The lowest BCUT2D eigenvalue weighted by Gasteiger charge is -2.34. The van der Waals surface area contributed by atoms with Crippen LogP contribution in [0.15, 0.2) is 48.5 Å². The van der Waals surface area contributed by atoms with Gasteiger partial charge in [-0.2, -0.15) is 13.2 Å². The zero-order valence-corrected chi connectivity index (χ0v) is 12.7. The van der Waals surface area contributed by atoms with E-state index < -0.39 is 18.3 Å². The third-order valence-electron chi connectivity index (χ3n) is 3.85. The largest absolute Gasteiger partial charge is 0.497 e. The normalized spacial score (nSPS) is 12.1. The van der Waals surface area contributed by atoms with Crippen LogP contribution in [-0.2, 0) is 5.41 Å². The molecule has 0 aliphatic carbocycles. The summed E-state index contributed by atoms with van der Waals surface area (Å²) >= 11 is 0. The van der Waals surface area contributed by atoms with Crippen LogP contribution in [0, 0.1) is 0 Å². The van der Waals surface area contributed by atoms with Gasteiger partial charge in [-0.05, 0) is 35.4 Å². The molecule has 0 heterocycles. The molecule has 2 aromatic carbocycles. The lowest BCUT2D eigenvalue weighted by atomic mass is 9.74. The number of hydrogen-bond acceptors (Lipinski definition) is 2. The molecule has 0 atom stereocenters. The van der Waals surface area contributed by atoms with Crippen molar-refractivity contribution in [1.82, 2.24) is 0 Å². The van der Waals surface area contributed by atoms with Gasteiger partial charge >= 0.3 is 6.18 Å². The number of halogens is 4. The van der Waals surface area contributed by atoms with Crippen molar-refractivity contribution in [2.45, 2.75) is 11.6 Å². The van der Waals surface area contributed by atoms with Crippen molar-refractivity contribution >= 4 is 0 Å². The first-order chi connectivity index (χ1) is 10.9. The standard InChI is InChI=1S/C17H16F4O2/c1-22-14-7-3-12(4-8-14)16(11-18,17(19,20)21)13-5-9-15(23-2)10-6-13/h3-10H,11H2,1-2H3. The van der Waals surface area contributed by atoms with E-state index >= 15 is 0 Å². The fourth-order valence-electron chi connectivity index (χ4n) is 2.48. The molecule has 0 fully saturated rings. The summed E-state index contributed by atoms with van der Waals surface area (Å²) in [4.78, 5) is 0. The van der Waals surface area contributed by atoms with Gasteiger partial charge in [-0.3, -0.25) is 0 Å². The smallest absolute Gasteiger partial charge is 0.404 e. The van der Waals surface area contributed by atoms with Crippen molar-refractivity contribution in [1.29, 1.82) is 0 Å². The third-order valence-corrected chi connectivity index (χ3v) is 3.85. The van der Waals surface area contributed by atoms with Crippen molar-refractivity contribution in [3.8, 4) is 11.5 Å². The Hall–Kier alpha value is -2.24. The third kappa shape index (κ3) is 2.98. The van der Waals surface area contributed by atoms with Gasteiger partial charge in [0.1, 0.15) is 23.6 Å². The summed E-state index contributed by atoms with van der Waals surface area (Å²) in [5.74, 6) is 0.803. The second-order valence-electron chi connectivity index (χ2n) is 4.99. The van der Waals surface area contributed by atoms with Crippen LogP contribution in [0.3, 0.4) is 0 Å². The summed E-state index contributed by atoms with van der Waals surface area (Å²) in [6, 6.07) is 10.5. The van der Waals surface area contributed by atoms with Gasteiger partial charge < -0.3 is 9.47 Å². The van der Waals surface area contributed by atoms with Gasteiger partial charge in [0.05, 0.1) is 14.2 Å². The summed E-state index contributed by atoms with van der Waals surface area (Å²) in [6.45, 7) is -1.60. The molecule has 0 aromatic heterocycles. The molecule has 0 spiro atoms. The Morgan fingerprint density at radius 3 is 1.30 bits per heavy atom. The fourth-order valence-corrected chi connectivity index (χ4v) is 2.48. The number of benzene rings is 2. The Labute approximate surface area is 131 Å². The van der Waals surface area contributed by atoms with E-state index in [0.717, 1.165) is 0 Å². The van der Waals surface area contributed by atoms with E-state index in [-0.39, 0.29) is 11.1 Å². The average molecular weight is 328 g/mol. The molecule has 2 nitrogen and oxygen atoms in total. The molecule has 23 heavy (non-hydrogen) atoms. The summed E-state index contributed by atoms with van der Waals surface area (Å²) in [5, 5.41) is 0. The molecular formula is C17H16F4O2. The summed E-state index contributed by atoms with van der Waals surface area (Å²) in [6.07, 6.45) is -4.80. The zero-order chi connectivity index (χ0) is 17.1. The van der Waals surface area contributed by atoms with Crippen LogP contribution in [-0.4, -0.2) is 27.1 Å². The van der Waals surface area contributed by atoms with Crippen LogP contribution in [0.5, 0.6) is 11.5 Å². The number of methoxy groups -OCH3 is 2. The second kappa shape index (κ2) is 6.48. The summed E-state index contributed by atoms with van der Waals surface area (Å²) < 4.78 is 65.1. The van der Waals surface area contributed by atoms with Gasteiger partial charge in [0.15, 0.2) is 0 Å². The molecule has 0 N–H and O–H groups in total. The highest BCUT2D eigenvalue weighted by molar-refractivity contribution is 5.45.